The summed E-state index contributed by atoms with van der Waals surface area (Å²) in [5.74, 6) is -4.39. The summed E-state index contributed by atoms with van der Waals surface area (Å²) in [5.41, 5.74) is 0. The van der Waals surface area contributed by atoms with Crippen molar-refractivity contribution in [2.75, 3.05) is 21.1 Å². The van der Waals surface area contributed by atoms with Crippen LogP contribution in [0.1, 0.15) is 60.8 Å². The summed E-state index contributed by atoms with van der Waals surface area (Å²) >= 11 is 1.41. The third-order valence-corrected chi connectivity index (χ3v) is 14.0. The lowest BCUT2D eigenvalue weighted by atomic mass is 10.2. The van der Waals surface area contributed by atoms with E-state index in [1.807, 2.05) is 13.8 Å². The van der Waals surface area contributed by atoms with Crippen LogP contribution < -0.4 is 0 Å². The number of carbonyl (C=O) groups is 6. The highest BCUT2D eigenvalue weighted by Gasteiger charge is 2.57. The minimum Gasteiger partial charge on any atom is -0.481 e. The summed E-state index contributed by atoms with van der Waals surface area (Å²) in [5, 5.41) is 22.9. The Morgan fingerprint density at radius 3 is 1.50 bits per heavy atom. The van der Waals surface area contributed by atoms with Crippen LogP contribution in [0.25, 0.3) is 0 Å². The summed E-state index contributed by atoms with van der Waals surface area (Å²) in [6.45, 7) is 9.95. The van der Waals surface area contributed by atoms with Gasteiger partial charge in [0.25, 0.3) is 0 Å². The van der Waals surface area contributed by atoms with Crippen LogP contribution in [0.5, 0.6) is 0 Å². The fraction of sp³-hybridized carbons (Fsp3) is 0.750. The van der Waals surface area contributed by atoms with E-state index in [4.69, 9.17) is 15.3 Å². The Bertz CT molecular complexity index is 1280. The predicted molar refractivity (Wildman–Crippen MR) is 153 cm³/mol. The summed E-state index contributed by atoms with van der Waals surface area (Å²) in [7, 11) is -0.607. The quantitative estimate of drug-likeness (QED) is 0.343. The predicted octanol–water partition coefficient (Wildman–Crippen LogP) is 0.0101. The number of hydrogen-bond acceptors (Lipinski definition) is 10. The van der Waals surface area contributed by atoms with Crippen molar-refractivity contribution < 1.29 is 56.7 Å². The first-order valence-electron chi connectivity index (χ1n) is 12.5. The monoisotopic (exact) mass is 657 g/mol. The molecule has 240 valence electrons. The van der Waals surface area contributed by atoms with Gasteiger partial charge in [-0.1, -0.05) is 0 Å². The molecule has 3 heterocycles. The molecule has 4 unspecified atom stereocenters. The molecule has 3 aliphatic rings. The summed E-state index contributed by atoms with van der Waals surface area (Å²) in [4.78, 5) is 67.6. The Hall–Kier alpha value is -2.73. The second kappa shape index (κ2) is 12.9. The maximum Gasteiger partial charge on any atom is 0.305 e. The molecule has 15 nitrogen and oxygen atoms in total. The molecule has 0 saturated carbocycles. The standard InChI is InChI=1S/C8H13NO5S.C8H13NO4S.C8H13NO3S/c1-8(2)9(3)7(12)5(4-6(10)11)15(8,13)14;1-8(2)9(3)7(12)5(14(8)13)4-6(10)11;1-8(2)9(3)7(12)5(13-8)4-6(10)11/h5H,4H2,1-3H3,(H,10,11);5H,4H2,1-3H3,(H,10,11);5H,4H2,1-3H3,(H,10,11). The Morgan fingerprint density at radius 1 is 0.762 bits per heavy atom. The van der Waals surface area contributed by atoms with Crippen LogP contribution in [0, 0.1) is 0 Å². The number of nitrogens with zero attached hydrogens (tertiary/aromatic N) is 3. The average molecular weight is 658 g/mol. The number of carboxylic acid groups (broad SMARTS) is 3. The minimum atomic E-state index is -3.76. The molecule has 18 heteroatoms. The van der Waals surface area contributed by atoms with Gasteiger partial charge in [-0.05, 0) is 41.5 Å². The SMILES string of the molecule is CN1C(=O)C(CC(=O)O)S(=O)(=O)C1(C)C.CN1C(=O)C(CC(=O)O)S(=O)C1(C)C.CN1C(=O)C(CC(=O)O)SC1(C)C. The number of amides is 3. The largest absolute Gasteiger partial charge is 0.481 e. The van der Waals surface area contributed by atoms with E-state index in [-0.39, 0.29) is 29.5 Å². The van der Waals surface area contributed by atoms with E-state index in [0.717, 1.165) is 4.90 Å². The van der Waals surface area contributed by atoms with Gasteiger partial charge in [0, 0.05) is 21.1 Å². The second-order valence-corrected chi connectivity index (χ2v) is 17.9. The summed E-state index contributed by atoms with van der Waals surface area (Å²) in [6, 6.07) is 0. The number of carbonyl (C=O) groups excluding carboxylic acids is 3. The highest BCUT2D eigenvalue weighted by atomic mass is 32.2. The van der Waals surface area contributed by atoms with E-state index < -0.39 is 76.4 Å². The first-order valence-corrected chi connectivity index (χ1v) is 16.2. The van der Waals surface area contributed by atoms with E-state index in [2.05, 4.69) is 0 Å². The Balaban J connectivity index is 0.000000316. The molecule has 0 spiro atoms. The van der Waals surface area contributed by atoms with Gasteiger partial charge >= 0.3 is 17.9 Å². The lowest BCUT2D eigenvalue weighted by molar-refractivity contribution is -0.140. The van der Waals surface area contributed by atoms with E-state index >= 15 is 0 Å². The highest BCUT2D eigenvalue weighted by molar-refractivity contribution is 8.02. The van der Waals surface area contributed by atoms with Crippen LogP contribution >= 0.6 is 11.8 Å². The Morgan fingerprint density at radius 2 is 1.21 bits per heavy atom. The summed E-state index contributed by atoms with van der Waals surface area (Å²) < 4.78 is 35.5. The molecule has 3 saturated heterocycles. The number of rotatable bonds is 6. The van der Waals surface area contributed by atoms with Crippen molar-refractivity contribution >= 4 is 68.0 Å². The number of thioether (sulfide) groups is 1. The first-order chi connectivity index (χ1) is 18.7. The lowest BCUT2D eigenvalue weighted by Crippen LogP contribution is -2.41. The average Bonchev–Trinajstić information content (AvgIpc) is 3.17. The van der Waals surface area contributed by atoms with Crippen LogP contribution in [0.2, 0.25) is 0 Å². The normalized spacial score (nSPS) is 28.5. The molecular weight excluding hydrogens is 618 g/mol. The van der Waals surface area contributed by atoms with Gasteiger partial charge in [-0.15, -0.1) is 11.8 Å². The lowest BCUT2D eigenvalue weighted by Gasteiger charge is -2.25. The number of sulfone groups is 1. The van der Waals surface area contributed by atoms with Crippen molar-refractivity contribution in [2.45, 2.75) is 91.2 Å². The molecule has 42 heavy (non-hydrogen) atoms. The molecule has 3 amide bonds. The van der Waals surface area contributed by atoms with Crippen molar-refractivity contribution in [3.8, 4) is 0 Å². The van der Waals surface area contributed by atoms with Gasteiger partial charge in [-0.2, -0.15) is 0 Å². The maximum atomic E-state index is 11.8. The van der Waals surface area contributed by atoms with Crippen LogP contribution in [0.4, 0.5) is 0 Å². The van der Waals surface area contributed by atoms with Crippen molar-refractivity contribution in [3.05, 3.63) is 0 Å². The number of hydrogen-bond donors (Lipinski definition) is 3. The highest BCUT2D eigenvalue weighted by Crippen LogP contribution is 2.41. The molecule has 4 atom stereocenters. The third kappa shape index (κ3) is 7.42. The van der Waals surface area contributed by atoms with Crippen molar-refractivity contribution in [1.29, 1.82) is 0 Å². The van der Waals surface area contributed by atoms with Gasteiger partial charge in [-0.25, -0.2) is 8.42 Å². The van der Waals surface area contributed by atoms with E-state index in [0.29, 0.717) is 0 Å². The molecular formula is C24H39N3O12S3. The van der Waals surface area contributed by atoms with Gasteiger partial charge in [-0.3, -0.25) is 33.0 Å². The van der Waals surface area contributed by atoms with Gasteiger partial charge in [0.2, 0.25) is 17.7 Å². The van der Waals surface area contributed by atoms with Crippen molar-refractivity contribution in [3.63, 3.8) is 0 Å². The molecule has 0 aromatic heterocycles. The van der Waals surface area contributed by atoms with Crippen LogP contribution in [-0.4, -0.2) is 130 Å². The molecule has 0 bridgehead atoms. The smallest absolute Gasteiger partial charge is 0.305 e. The first kappa shape index (κ1) is 37.3. The van der Waals surface area contributed by atoms with E-state index in [1.165, 1.54) is 37.6 Å². The zero-order valence-corrected chi connectivity index (χ0v) is 27.4. The van der Waals surface area contributed by atoms with Gasteiger partial charge in [0.05, 0.1) is 40.2 Å². The molecule has 3 rings (SSSR count). The minimum absolute atomic E-state index is 0.0857. The molecule has 3 fully saturated rings. The van der Waals surface area contributed by atoms with Gasteiger partial charge < -0.3 is 30.0 Å². The fourth-order valence-electron chi connectivity index (χ4n) is 4.13. The molecule has 0 aromatic carbocycles. The van der Waals surface area contributed by atoms with Gasteiger partial charge in [0.1, 0.15) is 15.0 Å². The van der Waals surface area contributed by atoms with E-state index in [9.17, 15) is 41.4 Å². The molecule has 0 aliphatic carbocycles. The molecule has 0 aromatic rings. The number of aliphatic carboxylic acids is 3. The third-order valence-electron chi connectivity index (χ3n) is 7.57. The Kier molecular flexibility index (Phi) is 11.4. The van der Waals surface area contributed by atoms with Crippen molar-refractivity contribution in [1.82, 2.24) is 14.7 Å². The summed E-state index contributed by atoms with van der Waals surface area (Å²) in [6.07, 6.45) is -1.12. The fourth-order valence-corrected chi connectivity index (χ4v) is 9.21. The Labute approximate surface area is 251 Å². The zero-order valence-electron chi connectivity index (χ0n) is 24.9. The molecule has 3 aliphatic heterocycles. The maximum absolute atomic E-state index is 11.8. The van der Waals surface area contributed by atoms with Crippen LogP contribution in [-0.2, 0) is 49.4 Å². The zero-order chi connectivity index (χ0) is 33.3. The number of carboxylic acids is 3. The van der Waals surface area contributed by atoms with Gasteiger partial charge in [0.15, 0.2) is 15.1 Å². The topological polar surface area (TPSA) is 224 Å². The van der Waals surface area contributed by atoms with Crippen LogP contribution in [0.3, 0.4) is 0 Å². The van der Waals surface area contributed by atoms with Crippen molar-refractivity contribution in [2.24, 2.45) is 0 Å². The van der Waals surface area contributed by atoms with Crippen LogP contribution in [0.15, 0.2) is 0 Å². The molecule has 3 N–H and O–H groups in total. The van der Waals surface area contributed by atoms with E-state index in [1.54, 1.807) is 32.8 Å². The second-order valence-electron chi connectivity index (χ2n) is 11.3. The molecule has 0 radical (unpaired) electrons.